The van der Waals surface area contributed by atoms with E-state index in [0.29, 0.717) is 32.2 Å². The van der Waals surface area contributed by atoms with Crippen molar-refractivity contribution in [1.82, 2.24) is 16.0 Å². The van der Waals surface area contributed by atoms with E-state index in [-0.39, 0.29) is 30.8 Å². The van der Waals surface area contributed by atoms with Crippen LogP contribution in [0.2, 0.25) is 0 Å². The number of alkyl carbamates (subject to hydrolysis) is 1. The van der Waals surface area contributed by atoms with E-state index in [1.165, 1.54) is 7.05 Å². The molecule has 0 fully saturated rings. The molecule has 0 bridgehead atoms. The van der Waals surface area contributed by atoms with Gasteiger partial charge in [-0.05, 0) is 37.2 Å². The molecule has 9 nitrogen and oxygen atoms in total. The quantitative estimate of drug-likeness (QED) is 0.188. The molecule has 0 radical (unpaired) electrons. The van der Waals surface area contributed by atoms with E-state index in [9.17, 15) is 19.2 Å². The standard InChI is InChI=1S/C24H37N3O6S/c1-16(2)13-18(20(34)14-21(28)29)22(30)27-19(23(31)25-3)11-7-8-12-26-24(32)33-15-17-9-5-4-6-10-17/h4-6,9-10,16,18-20,34H,7-8,11-15H2,1-3H3,(H,25,31)(H,26,32)(H,27,30)(H,28,29). The number of amides is 3. The Kier molecular flexibility index (Phi) is 13.8. The number of rotatable bonds is 15. The minimum absolute atomic E-state index is 0.158. The van der Waals surface area contributed by atoms with Gasteiger partial charge < -0.3 is 25.8 Å². The van der Waals surface area contributed by atoms with Crippen LogP contribution in [0.5, 0.6) is 0 Å². The highest BCUT2D eigenvalue weighted by Crippen LogP contribution is 2.23. The summed E-state index contributed by atoms with van der Waals surface area (Å²) in [4.78, 5) is 48.1. The lowest BCUT2D eigenvalue weighted by atomic mass is 9.91. The minimum Gasteiger partial charge on any atom is -0.481 e. The molecular formula is C24H37N3O6S. The Hall–Kier alpha value is -2.75. The van der Waals surface area contributed by atoms with Gasteiger partial charge in [0.2, 0.25) is 11.8 Å². The first-order valence-electron chi connectivity index (χ1n) is 11.5. The Morgan fingerprint density at radius 2 is 1.74 bits per heavy atom. The van der Waals surface area contributed by atoms with Gasteiger partial charge in [-0.15, -0.1) is 0 Å². The molecule has 0 heterocycles. The monoisotopic (exact) mass is 495 g/mol. The van der Waals surface area contributed by atoms with Gasteiger partial charge in [0.05, 0.1) is 12.3 Å². The summed E-state index contributed by atoms with van der Waals surface area (Å²) in [6.45, 7) is 4.43. The summed E-state index contributed by atoms with van der Waals surface area (Å²) in [5.41, 5.74) is 0.893. The van der Waals surface area contributed by atoms with Crippen LogP contribution in [0.3, 0.4) is 0 Å². The molecule has 4 N–H and O–H groups in total. The zero-order valence-corrected chi connectivity index (χ0v) is 21.0. The van der Waals surface area contributed by atoms with Gasteiger partial charge in [0.15, 0.2) is 0 Å². The van der Waals surface area contributed by atoms with Crippen LogP contribution in [0.4, 0.5) is 4.79 Å². The maximum absolute atomic E-state index is 12.9. The third-order valence-electron chi connectivity index (χ3n) is 5.19. The third kappa shape index (κ3) is 11.9. The van der Waals surface area contributed by atoms with Crippen molar-refractivity contribution in [1.29, 1.82) is 0 Å². The van der Waals surface area contributed by atoms with Crippen molar-refractivity contribution in [2.75, 3.05) is 13.6 Å². The number of ether oxygens (including phenoxy) is 1. The molecular weight excluding hydrogens is 458 g/mol. The van der Waals surface area contributed by atoms with E-state index < -0.39 is 29.3 Å². The predicted octanol–water partition coefficient (Wildman–Crippen LogP) is 2.75. The number of aliphatic carboxylic acids is 1. The number of hydrogen-bond acceptors (Lipinski definition) is 6. The summed E-state index contributed by atoms with van der Waals surface area (Å²) < 4.78 is 5.15. The summed E-state index contributed by atoms with van der Waals surface area (Å²) >= 11 is 4.34. The number of thiol groups is 1. The minimum atomic E-state index is -1.03. The second-order valence-electron chi connectivity index (χ2n) is 8.56. The van der Waals surface area contributed by atoms with Gasteiger partial charge in [0.25, 0.3) is 0 Å². The first-order chi connectivity index (χ1) is 16.1. The van der Waals surface area contributed by atoms with Crippen LogP contribution < -0.4 is 16.0 Å². The van der Waals surface area contributed by atoms with E-state index in [1.807, 2.05) is 44.2 Å². The van der Waals surface area contributed by atoms with Gasteiger partial charge in [-0.25, -0.2) is 4.79 Å². The van der Waals surface area contributed by atoms with Crippen LogP contribution >= 0.6 is 12.6 Å². The number of hydrogen-bond donors (Lipinski definition) is 5. The molecule has 1 aromatic rings. The summed E-state index contributed by atoms with van der Waals surface area (Å²) in [5, 5.41) is 16.4. The number of carbonyl (C=O) groups is 4. The van der Waals surface area contributed by atoms with E-state index in [0.717, 1.165) is 5.56 Å². The van der Waals surface area contributed by atoms with Crippen LogP contribution in [0.25, 0.3) is 0 Å². The number of unbranched alkanes of at least 4 members (excludes halogenated alkanes) is 1. The maximum Gasteiger partial charge on any atom is 0.407 e. The molecule has 0 saturated carbocycles. The van der Waals surface area contributed by atoms with Crippen LogP contribution in [0.1, 0.15) is 51.5 Å². The van der Waals surface area contributed by atoms with Crippen molar-refractivity contribution in [2.24, 2.45) is 11.8 Å². The molecule has 190 valence electrons. The van der Waals surface area contributed by atoms with Crippen molar-refractivity contribution >= 4 is 36.5 Å². The topological polar surface area (TPSA) is 134 Å². The first-order valence-corrected chi connectivity index (χ1v) is 12.0. The van der Waals surface area contributed by atoms with Gasteiger partial charge in [-0.1, -0.05) is 44.2 Å². The van der Waals surface area contributed by atoms with Gasteiger partial charge in [0, 0.05) is 18.8 Å². The van der Waals surface area contributed by atoms with Crippen LogP contribution in [-0.4, -0.2) is 53.9 Å². The molecule has 1 rings (SSSR count). The highest BCUT2D eigenvalue weighted by atomic mass is 32.1. The van der Waals surface area contributed by atoms with Crippen LogP contribution in [0.15, 0.2) is 30.3 Å². The van der Waals surface area contributed by atoms with Gasteiger partial charge in [-0.3, -0.25) is 14.4 Å². The molecule has 0 aliphatic heterocycles. The third-order valence-corrected chi connectivity index (χ3v) is 5.73. The van der Waals surface area contributed by atoms with Crippen LogP contribution in [0, 0.1) is 11.8 Å². The Labute approximate surface area is 206 Å². The van der Waals surface area contributed by atoms with E-state index in [4.69, 9.17) is 9.84 Å². The van der Waals surface area contributed by atoms with Crippen molar-refractivity contribution in [2.45, 2.75) is 63.9 Å². The lowest BCUT2D eigenvalue weighted by Gasteiger charge is -2.26. The highest BCUT2D eigenvalue weighted by Gasteiger charge is 2.31. The number of carbonyl (C=O) groups excluding carboxylic acids is 3. The lowest BCUT2D eigenvalue weighted by Crippen LogP contribution is -2.49. The van der Waals surface area contributed by atoms with Crippen molar-refractivity contribution in [3.8, 4) is 0 Å². The zero-order valence-electron chi connectivity index (χ0n) is 20.1. The molecule has 10 heteroatoms. The Morgan fingerprint density at radius 3 is 2.32 bits per heavy atom. The van der Waals surface area contributed by atoms with Gasteiger partial charge >= 0.3 is 12.1 Å². The fraction of sp³-hybridized carbons (Fsp3) is 0.583. The fourth-order valence-electron chi connectivity index (χ4n) is 3.43. The molecule has 0 aliphatic rings. The summed E-state index contributed by atoms with van der Waals surface area (Å²) in [5.74, 6) is -2.22. The number of nitrogens with one attached hydrogen (secondary N) is 3. The largest absolute Gasteiger partial charge is 0.481 e. The van der Waals surface area contributed by atoms with E-state index >= 15 is 0 Å². The molecule has 0 spiro atoms. The predicted molar refractivity (Wildman–Crippen MR) is 132 cm³/mol. The normalized spacial score (nSPS) is 13.4. The van der Waals surface area contributed by atoms with E-state index in [2.05, 4.69) is 28.6 Å². The molecule has 3 amide bonds. The van der Waals surface area contributed by atoms with Crippen molar-refractivity contribution in [3.63, 3.8) is 0 Å². The number of carboxylic acids is 1. The Bertz CT molecular complexity index is 790. The summed E-state index contributed by atoms with van der Waals surface area (Å²) in [7, 11) is 1.49. The SMILES string of the molecule is CNC(=O)C(CCCCNC(=O)OCc1ccccc1)NC(=O)C(CC(C)C)C(S)CC(=O)O. The Morgan fingerprint density at radius 1 is 1.06 bits per heavy atom. The summed E-state index contributed by atoms with van der Waals surface area (Å²) in [6.07, 6.45) is 1.23. The van der Waals surface area contributed by atoms with Crippen molar-refractivity contribution < 1.29 is 29.0 Å². The Balaban J connectivity index is 2.50. The van der Waals surface area contributed by atoms with Gasteiger partial charge in [0.1, 0.15) is 12.6 Å². The second kappa shape index (κ2) is 16.0. The van der Waals surface area contributed by atoms with Crippen molar-refractivity contribution in [3.05, 3.63) is 35.9 Å². The fourth-order valence-corrected chi connectivity index (χ4v) is 3.84. The molecule has 3 unspecified atom stereocenters. The average Bonchev–Trinajstić information content (AvgIpc) is 2.79. The lowest BCUT2D eigenvalue weighted by molar-refractivity contribution is -0.137. The van der Waals surface area contributed by atoms with Gasteiger partial charge in [-0.2, -0.15) is 12.6 Å². The molecule has 3 atom stereocenters. The maximum atomic E-state index is 12.9. The molecule has 1 aromatic carbocycles. The van der Waals surface area contributed by atoms with Crippen LogP contribution in [-0.2, 0) is 25.7 Å². The number of likely N-dealkylation sites (N-methyl/N-ethyl adjacent to an activating group) is 1. The zero-order chi connectivity index (χ0) is 25.5. The molecule has 34 heavy (non-hydrogen) atoms. The summed E-state index contributed by atoms with van der Waals surface area (Å²) in [6, 6.07) is 8.59. The highest BCUT2D eigenvalue weighted by molar-refractivity contribution is 7.81. The second-order valence-corrected chi connectivity index (χ2v) is 9.22. The first kappa shape index (κ1) is 29.3. The average molecular weight is 496 g/mol. The number of benzene rings is 1. The number of carboxylic acid groups (broad SMARTS) is 1. The molecule has 0 saturated heterocycles. The van der Waals surface area contributed by atoms with E-state index in [1.54, 1.807) is 0 Å². The molecule has 0 aromatic heterocycles. The smallest absolute Gasteiger partial charge is 0.407 e. The molecule has 0 aliphatic carbocycles.